The van der Waals surface area contributed by atoms with Gasteiger partial charge in [0, 0.05) is 24.3 Å². The summed E-state index contributed by atoms with van der Waals surface area (Å²) in [6, 6.07) is 25.4. The number of nitrogens with zero attached hydrogens (tertiary/aromatic N) is 2. The lowest BCUT2D eigenvalue weighted by atomic mass is 10.1. The molecule has 5 heteroatoms. The summed E-state index contributed by atoms with van der Waals surface area (Å²) >= 11 is 0. The van der Waals surface area contributed by atoms with Crippen LogP contribution in [0.5, 0.6) is 0 Å². The van der Waals surface area contributed by atoms with Gasteiger partial charge in [-0.05, 0) is 67.7 Å². The van der Waals surface area contributed by atoms with Crippen molar-refractivity contribution in [2.45, 2.75) is 32.7 Å². The maximum atomic E-state index is 13.5. The molecule has 1 aliphatic heterocycles. The molecular formula is C29H33N3O2. The van der Waals surface area contributed by atoms with Crippen molar-refractivity contribution in [3.8, 4) is 0 Å². The van der Waals surface area contributed by atoms with Crippen LogP contribution in [-0.4, -0.2) is 42.9 Å². The van der Waals surface area contributed by atoms with Gasteiger partial charge >= 0.3 is 0 Å². The zero-order valence-corrected chi connectivity index (χ0v) is 19.9. The minimum Gasteiger partial charge on any atom is -0.355 e. The molecule has 0 atom stereocenters. The predicted molar refractivity (Wildman–Crippen MR) is 137 cm³/mol. The first-order chi connectivity index (χ1) is 16.6. The first kappa shape index (κ1) is 23.7. The van der Waals surface area contributed by atoms with Gasteiger partial charge in [-0.3, -0.25) is 9.59 Å². The van der Waals surface area contributed by atoms with Crippen LogP contribution in [0.15, 0.2) is 78.9 Å². The molecule has 5 nitrogen and oxygen atoms in total. The van der Waals surface area contributed by atoms with Crippen LogP contribution in [0.2, 0.25) is 0 Å². The second-order valence-electron chi connectivity index (χ2n) is 8.93. The minimum atomic E-state index is -0.0330. The number of nitrogens with one attached hydrogen (secondary N) is 1. The van der Waals surface area contributed by atoms with Crippen molar-refractivity contribution in [3.05, 3.63) is 101 Å². The average molecular weight is 456 g/mol. The maximum Gasteiger partial charge on any atom is 0.258 e. The largest absolute Gasteiger partial charge is 0.355 e. The number of aryl methyl sites for hydroxylation is 1. The summed E-state index contributed by atoms with van der Waals surface area (Å²) in [6.45, 7) is 6.31. The van der Waals surface area contributed by atoms with E-state index >= 15 is 0 Å². The summed E-state index contributed by atoms with van der Waals surface area (Å²) in [5.41, 5.74) is 4.46. The fraction of sp³-hybridized carbons (Fsp3) is 0.310. The molecular weight excluding hydrogens is 422 g/mol. The van der Waals surface area contributed by atoms with E-state index in [0.29, 0.717) is 25.1 Å². The van der Waals surface area contributed by atoms with E-state index in [9.17, 15) is 9.59 Å². The summed E-state index contributed by atoms with van der Waals surface area (Å²) in [5, 5.41) is 3.03. The third-order valence-electron chi connectivity index (χ3n) is 6.37. The van der Waals surface area contributed by atoms with Crippen LogP contribution in [0.25, 0.3) is 0 Å². The normalized spacial score (nSPS) is 13.6. The third kappa shape index (κ3) is 6.33. The fourth-order valence-corrected chi connectivity index (χ4v) is 4.41. The number of hydrogen-bond acceptors (Lipinski definition) is 3. The van der Waals surface area contributed by atoms with Gasteiger partial charge in [0.1, 0.15) is 0 Å². The molecule has 0 unspecified atom stereocenters. The summed E-state index contributed by atoms with van der Waals surface area (Å²) in [6.07, 6.45) is 2.85. The quantitative estimate of drug-likeness (QED) is 0.513. The van der Waals surface area contributed by atoms with E-state index in [1.165, 1.54) is 12.8 Å². The number of benzene rings is 3. The lowest BCUT2D eigenvalue weighted by Crippen LogP contribution is -2.34. The molecule has 4 rings (SSSR count). The molecule has 1 aliphatic rings. The van der Waals surface area contributed by atoms with E-state index in [1.54, 1.807) is 4.90 Å². The molecule has 1 saturated heterocycles. The SMILES string of the molecule is Cc1ccccc1C(=O)N(Cc1ccccc1)c1ccc(CC(=O)NCCN2CCCC2)cc1. The first-order valence-electron chi connectivity index (χ1n) is 12.1. The summed E-state index contributed by atoms with van der Waals surface area (Å²) in [5.74, 6) is -0.00145. The van der Waals surface area contributed by atoms with Gasteiger partial charge in [-0.2, -0.15) is 0 Å². The van der Waals surface area contributed by atoms with Crippen molar-refractivity contribution in [1.82, 2.24) is 10.2 Å². The standard InChI is InChI=1S/C29H33N3O2/c1-23-9-5-6-12-27(23)29(34)32(22-25-10-3-2-4-11-25)26-15-13-24(14-16-26)21-28(33)30-17-20-31-18-7-8-19-31/h2-6,9-16H,7-8,17-22H2,1H3,(H,30,33). The van der Waals surface area contributed by atoms with Crippen LogP contribution < -0.4 is 10.2 Å². The Bertz CT molecular complexity index is 1090. The van der Waals surface area contributed by atoms with E-state index in [-0.39, 0.29) is 11.8 Å². The molecule has 3 aromatic carbocycles. The average Bonchev–Trinajstić information content (AvgIpc) is 3.37. The topological polar surface area (TPSA) is 52.7 Å². The molecule has 2 amide bonds. The Morgan fingerprint density at radius 2 is 1.53 bits per heavy atom. The Balaban J connectivity index is 1.44. The number of rotatable bonds is 9. The van der Waals surface area contributed by atoms with Gasteiger partial charge in [0.15, 0.2) is 0 Å². The van der Waals surface area contributed by atoms with Crippen molar-refractivity contribution in [2.24, 2.45) is 0 Å². The van der Waals surface area contributed by atoms with Gasteiger partial charge < -0.3 is 15.1 Å². The second kappa shape index (κ2) is 11.6. The van der Waals surface area contributed by atoms with E-state index in [0.717, 1.165) is 42.0 Å². The number of likely N-dealkylation sites (tertiary alicyclic amines) is 1. The smallest absolute Gasteiger partial charge is 0.258 e. The number of amides is 2. The van der Waals surface area contributed by atoms with Gasteiger partial charge in [-0.15, -0.1) is 0 Å². The zero-order valence-electron chi connectivity index (χ0n) is 19.9. The highest BCUT2D eigenvalue weighted by atomic mass is 16.2. The molecule has 1 fully saturated rings. The molecule has 176 valence electrons. The Morgan fingerprint density at radius 1 is 0.853 bits per heavy atom. The summed E-state index contributed by atoms with van der Waals surface area (Å²) in [7, 11) is 0. The Morgan fingerprint density at radius 3 is 2.24 bits per heavy atom. The molecule has 34 heavy (non-hydrogen) atoms. The molecule has 0 aliphatic carbocycles. The van der Waals surface area contributed by atoms with Crippen LogP contribution >= 0.6 is 0 Å². The lowest BCUT2D eigenvalue weighted by Gasteiger charge is -2.24. The molecule has 0 radical (unpaired) electrons. The highest BCUT2D eigenvalue weighted by Crippen LogP contribution is 2.22. The zero-order chi connectivity index (χ0) is 23.8. The Labute approximate surface area is 202 Å². The molecule has 0 aromatic heterocycles. The maximum absolute atomic E-state index is 13.5. The van der Waals surface area contributed by atoms with Crippen molar-refractivity contribution in [2.75, 3.05) is 31.1 Å². The van der Waals surface area contributed by atoms with Gasteiger partial charge in [0.2, 0.25) is 5.91 Å². The monoisotopic (exact) mass is 455 g/mol. The Kier molecular flexibility index (Phi) is 8.10. The predicted octanol–water partition coefficient (Wildman–Crippen LogP) is 4.60. The van der Waals surface area contributed by atoms with Gasteiger partial charge in [-0.1, -0.05) is 60.7 Å². The number of hydrogen-bond donors (Lipinski definition) is 1. The number of carbonyl (C=O) groups is 2. The van der Waals surface area contributed by atoms with E-state index < -0.39 is 0 Å². The molecule has 0 spiro atoms. The molecule has 0 bridgehead atoms. The van der Waals surface area contributed by atoms with E-state index in [4.69, 9.17) is 0 Å². The van der Waals surface area contributed by atoms with Gasteiger partial charge in [0.25, 0.3) is 5.91 Å². The summed E-state index contributed by atoms with van der Waals surface area (Å²) in [4.78, 5) is 30.1. The molecule has 1 N–H and O–H groups in total. The van der Waals surface area contributed by atoms with E-state index in [1.807, 2.05) is 85.8 Å². The van der Waals surface area contributed by atoms with Crippen LogP contribution in [-0.2, 0) is 17.8 Å². The first-order valence-corrected chi connectivity index (χ1v) is 12.1. The number of carbonyl (C=O) groups excluding carboxylic acids is 2. The van der Waals surface area contributed by atoms with Crippen molar-refractivity contribution < 1.29 is 9.59 Å². The van der Waals surface area contributed by atoms with Crippen molar-refractivity contribution >= 4 is 17.5 Å². The van der Waals surface area contributed by atoms with Crippen molar-refractivity contribution in [3.63, 3.8) is 0 Å². The van der Waals surface area contributed by atoms with Crippen LogP contribution in [0.3, 0.4) is 0 Å². The van der Waals surface area contributed by atoms with Crippen LogP contribution in [0.1, 0.15) is 39.9 Å². The Hall–Kier alpha value is -3.44. The van der Waals surface area contributed by atoms with Crippen molar-refractivity contribution in [1.29, 1.82) is 0 Å². The molecule has 3 aromatic rings. The van der Waals surface area contributed by atoms with E-state index in [2.05, 4.69) is 10.2 Å². The lowest BCUT2D eigenvalue weighted by molar-refractivity contribution is -0.120. The minimum absolute atomic E-state index is 0.0316. The third-order valence-corrected chi connectivity index (χ3v) is 6.37. The second-order valence-corrected chi connectivity index (χ2v) is 8.93. The fourth-order valence-electron chi connectivity index (χ4n) is 4.41. The van der Waals surface area contributed by atoms with Gasteiger partial charge in [0.05, 0.1) is 13.0 Å². The molecule has 0 saturated carbocycles. The van der Waals surface area contributed by atoms with Crippen LogP contribution in [0.4, 0.5) is 5.69 Å². The number of anilines is 1. The highest BCUT2D eigenvalue weighted by Gasteiger charge is 2.20. The van der Waals surface area contributed by atoms with Gasteiger partial charge in [-0.25, -0.2) is 0 Å². The highest BCUT2D eigenvalue weighted by molar-refractivity contribution is 6.07. The molecule has 1 heterocycles. The summed E-state index contributed by atoms with van der Waals surface area (Å²) < 4.78 is 0. The van der Waals surface area contributed by atoms with Crippen LogP contribution in [0, 0.1) is 6.92 Å².